The van der Waals surface area contributed by atoms with Crippen molar-refractivity contribution < 1.29 is 4.52 Å². The van der Waals surface area contributed by atoms with Crippen LogP contribution < -0.4 is 11.3 Å². The largest absolute Gasteiger partial charge is 0.337 e. The lowest BCUT2D eigenvalue weighted by Crippen LogP contribution is -2.30. The predicted molar refractivity (Wildman–Crippen MR) is 66.8 cm³/mol. The van der Waals surface area contributed by atoms with E-state index in [9.17, 15) is 4.79 Å². The molecular formula is C10H12BrN5O2. The molecule has 18 heavy (non-hydrogen) atoms. The van der Waals surface area contributed by atoms with Gasteiger partial charge in [-0.05, 0) is 29.8 Å². The summed E-state index contributed by atoms with van der Waals surface area (Å²) in [7, 11) is 0. The molecule has 0 unspecified atom stereocenters. The van der Waals surface area contributed by atoms with Gasteiger partial charge in [-0.1, -0.05) is 5.16 Å². The lowest BCUT2D eigenvalue weighted by Gasteiger charge is -2.11. The third kappa shape index (κ3) is 2.65. The van der Waals surface area contributed by atoms with E-state index < -0.39 is 5.54 Å². The predicted octanol–water partition coefficient (Wildman–Crippen LogP) is 0.631. The molecule has 0 radical (unpaired) electrons. The summed E-state index contributed by atoms with van der Waals surface area (Å²) in [6.07, 6.45) is 2.84. The second kappa shape index (κ2) is 4.62. The molecule has 2 N–H and O–H groups in total. The van der Waals surface area contributed by atoms with Crippen molar-refractivity contribution in [1.82, 2.24) is 19.7 Å². The average molecular weight is 314 g/mol. The minimum Gasteiger partial charge on any atom is -0.337 e. The van der Waals surface area contributed by atoms with Crippen LogP contribution in [0.1, 0.15) is 25.6 Å². The number of halogens is 1. The third-order valence-corrected chi connectivity index (χ3v) is 2.75. The Morgan fingerprint density at radius 2 is 2.28 bits per heavy atom. The molecule has 0 bridgehead atoms. The van der Waals surface area contributed by atoms with Gasteiger partial charge >= 0.3 is 0 Å². The third-order valence-electron chi connectivity index (χ3n) is 2.21. The van der Waals surface area contributed by atoms with Crippen LogP contribution in [0.5, 0.6) is 0 Å². The maximum atomic E-state index is 11.7. The van der Waals surface area contributed by atoms with Crippen LogP contribution in [0.4, 0.5) is 0 Å². The number of rotatable bonds is 3. The molecule has 0 saturated carbocycles. The summed E-state index contributed by atoms with van der Waals surface area (Å²) in [5.74, 6) is 0.707. The Balaban J connectivity index is 2.27. The van der Waals surface area contributed by atoms with E-state index >= 15 is 0 Å². The molecule has 0 aliphatic rings. The van der Waals surface area contributed by atoms with Crippen molar-refractivity contribution in [2.45, 2.75) is 25.9 Å². The Bertz CT molecular complexity index is 613. The van der Waals surface area contributed by atoms with Crippen LogP contribution in [-0.4, -0.2) is 19.7 Å². The summed E-state index contributed by atoms with van der Waals surface area (Å²) in [6, 6.07) is 0. The van der Waals surface area contributed by atoms with Gasteiger partial charge in [-0.15, -0.1) is 0 Å². The summed E-state index contributed by atoms with van der Waals surface area (Å²) >= 11 is 3.11. The quantitative estimate of drug-likeness (QED) is 0.892. The smallest absolute Gasteiger partial charge is 0.268 e. The summed E-state index contributed by atoms with van der Waals surface area (Å²) in [5, 5.41) is 3.78. The number of aromatic nitrogens is 4. The van der Waals surface area contributed by atoms with E-state index in [1.165, 1.54) is 17.1 Å². The van der Waals surface area contributed by atoms with Gasteiger partial charge < -0.3 is 10.3 Å². The van der Waals surface area contributed by atoms with Gasteiger partial charge in [0.15, 0.2) is 5.82 Å². The summed E-state index contributed by atoms with van der Waals surface area (Å²) in [4.78, 5) is 19.8. The van der Waals surface area contributed by atoms with E-state index in [4.69, 9.17) is 10.3 Å². The van der Waals surface area contributed by atoms with Crippen molar-refractivity contribution in [3.05, 3.63) is 39.1 Å². The summed E-state index contributed by atoms with van der Waals surface area (Å²) < 4.78 is 6.79. The fraction of sp³-hybridized carbons (Fsp3) is 0.400. The molecule has 7 nitrogen and oxygen atoms in total. The van der Waals surface area contributed by atoms with Crippen LogP contribution in [0.3, 0.4) is 0 Å². The van der Waals surface area contributed by atoms with Gasteiger partial charge in [-0.25, -0.2) is 4.98 Å². The van der Waals surface area contributed by atoms with E-state index in [2.05, 4.69) is 31.1 Å². The fourth-order valence-electron chi connectivity index (χ4n) is 1.26. The molecule has 8 heteroatoms. The first-order valence-electron chi connectivity index (χ1n) is 5.20. The lowest BCUT2D eigenvalue weighted by atomic mass is 10.1. The molecule has 0 amide bonds. The monoisotopic (exact) mass is 313 g/mol. The zero-order valence-electron chi connectivity index (χ0n) is 9.92. The molecule has 0 aliphatic carbocycles. The van der Waals surface area contributed by atoms with E-state index in [0.29, 0.717) is 16.2 Å². The highest BCUT2D eigenvalue weighted by molar-refractivity contribution is 9.10. The van der Waals surface area contributed by atoms with Crippen molar-refractivity contribution in [3.8, 4) is 0 Å². The fourth-order valence-corrected chi connectivity index (χ4v) is 1.61. The second-order valence-corrected chi connectivity index (χ2v) is 5.26. The standard InChI is InChI=1S/C10H12BrN5O2/c1-10(2,12)9-14-7(18-15-9)4-16-5-13-3-6(11)8(16)17/h3,5H,4,12H2,1-2H3. The number of hydrogen-bond acceptors (Lipinski definition) is 6. The maximum absolute atomic E-state index is 11.7. The van der Waals surface area contributed by atoms with Crippen LogP contribution in [0.25, 0.3) is 0 Å². The first-order chi connectivity index (χ1) is 8.38. The molecule has 2 heterocycles. The molecule has 0 atom stereocenters. The van der Waals surface area contributed by atoms with Gasteiger partial charge in [-0.2, -0.15) is 4.98 Å². The minimum absolute atomic E-state index is 0.161. The molecule has 2 aromatic rings. The lowest BCUT2D eigenvalue weighted by molar-refractivity contribution is 0.353. The maximum Gasteiger partial charge on any atom is 0.268 e. The topological polar surface area (TPSA) is 99.8 Å². The highest BCUT2D eigenvalue weighted by Crippen LogP contribution is 2.12. The number of hydrogen-bond donors (Lipinski definition) is 1. The van der Waals surface area contributed by atoms with Gasteiger partial charge in [0.2, 0.25) is 5.89 Å². The molecule has 2 rings (SSSR count). The van der Waals surface area contributed by atoms with Crippen molar-refractivity contribution >= 4 is 15.9 Å². The Morgan fingerprint density at radius 3 is 2.89 bits per heavy atom. The Morgan fingerprint density at radius 1 is 1.56 bits per heavy atom. The highest BCUT2D eigenvalue weighted by Gasteiger charge is 2.21. The normalized spacial score (nSPS) is 11.8. The molecule has 0 saturated heterocycles. The Kier molecular flexibility index (Phi) is 3.31. The minimum atomic E-state index is -0.678. The Labute approximate surface area is 111 Å². The van der Waals surface area contributed by atoms with Gasteiger partial charge in [-0.3, -0.25) is 9.36 Å². The summed E-state index contributed by atoms with van der Waals surface area (Å²) in [6.45, 7) is 3.71. The Hall–Kier alpha value is -1.54. The average Bonchev–Trinajstić information content (AvgIpc) is 2.73. The first kappa shape index (κ1) is 12.9. The zero-order chi connectivity index (χ0) is 13.3. The van der Waals surface area contributed by atoms with Crippen molar-refractivity contribution in [2.24, 2.45) is 5.73 Å². The van der Waals surface area contributed by atoms with Crippen LogP contribution >= 0.6 is 15.9 Å². The molecule has 2 aromatic heterocycles. The molecule has 0 fully saturated rings. The van der Waals surface area contributed by atoms with Gasteiger partial charge in [0.05, 0.1) is 11.9 Å². The van der Waals surface area contributed by atoms with Gasteiger partial charge in [0, 0.05) is 6.20 Å². The second-order valence-electron chi connectivity index (χ2n) is 4.41. The van der Waals surface area contributed by atoms with Crippen LogP contribution in [-0.2, 0) is 12.1 Å². The van der Waals surface area contributed by atoms with Crippen LogP contribution in [0, 0.1) is 0 Å². The molecular weight excluding hydrogens is 302 g/mol. The molecule has 96 valence electrons. The van der Waals surface area contributed by atoms with E-state index in [-0.39, 0.29) is 12.1 Å². The van der Waals surface area contributed by atoms with Gasteiger partial charge in [0.1, 0.15) is 11.0 Å². The molecule has 0 aromatic carbocycles. The SMILES string of the molecule is CC(C)(N)c1noc(Cn2cncc(Br)c2=O)n1. The van der Waals surface area contributed by atoms with Crippen molar-refractivity contribution in [1.29, 1.82) is 0 Å². The molecule has 0 aliphatic heterocycles. The number of nitrogens with two attached hydrogens (primary N) is 1. The van der Waals surface area contributed by atoms with E-state index in [1.54, 1.807) is 13.8 Å². The molecule has 0 spiro atoms. The zero-order valence-corrected chi connectivity index (χ0v) is 11.5. The van der Waals surface area contributed by atoms with Crippen molar-refractivity contribution in [3.63, 3.8) is 0 Å². The first-order valence-corrected chi connectivity index (χ1v) is 5.99. The van der Waals surface area contributed by atoms with E-state index in [0.717, 1.165) is 0 Å². The van der Waals surface area contributed by atoms with Crippen molar-refractivity contribution in [2.75, 3.05) is 0 Å². The van der Waals surface area contributed by atoms with Crippen LogP contribution in [0.15, 0.2) is 26.3 Å². The van der Waals surface area contributed by atoms with Crippen LogP contribution in [0.2, 0.25) is 0 Å². The summed E-state index contributed by atoms with van der Waals surface area (Å²) in [5.41, 5.74) is 4.95. The highest BCUT2D eigenvalue weighted by atomic mass is 79.9. The number of nitrogens with zero attached hydrogens (tertiary/aromatic N) is 4. The van der Waals surface area contributed by atoms with E-state index in [1.807, 2.05) is 0 Å². The van der Waals surface area contributed by atoms with Gasteiger partial charge in [0.25, 0.3) is 5.56 Å².